The molecule has 0 aliphatic heterocycles. The summed E-state index contributed by atoms with van der Waals surface area (Å²) >= 11 is 0. The molecule has 4 heteroatoms. The molecule has 4 aliphatic carbocycles. The van der Waals surface area contributed by atoms with E-state index >= 15 is 8.78 Å². The zero-order valence-electron chi connectivity index (χ0n) is 50.8. The fourth-order valence-corrected chi connectivity index (χ4v) is 17.7. The van der Waals surface area contributed by atoms with Crippen molar-refractivity contribution in [2.75, 3.05) is 9.80 Å². The van der Waals surface area contributed by atoms with Gasteiger partial charge in [-0.25, -0.2) is 8.78 Å². The van der Waals surface area contributed by atoms with Crippen LogP contribution in [0.5, 0.6) is 0 Å². The van der Waals surface area contributed by atoms with Crippen LogP contribution < -0.4 is 9.80 Å². The van der Waals surface area contributed by atoms with Gasteiger partial charge in [0.2, 0.25) is 0 Å². The maximum Gasteiger partial charge on any atom is 0.123 e. The molecule has 0 bridgehead atoms. The van der Waals surface area contributed by atoms with E-state index in [1.54, 1.807) is 24.3 Å². The lowest BCUT2D eigenvalue weighted by Gasteiger charge is -2.34. The summed E-state index contributed by atoms with van der Waals surface area (Å²) in [5, 5.41) is 6.47. The lowest BCUT2D eigenvalue weighted by atomic mass is 9.70. The summed E-state index contributed by atoms with van der Waals surface area (Å²) in [6.07, 6.45) is 0. The van der Waals surface area contributed by atoms with Crippen molar-refractivity contribution in [3.05, 3.63) is 384 Å². The van der Waals surface area contributed by atoms with Crippen LogP contribution in [0, 0.1) is 11.6 Å². The van der Waals surface area contributed by atoms with E-state index in [0.29, 0.717) is 0 Å². The average molecular weight is 1200 g/mol. The minimum atomic E-state index is -0.602. The van der Waals surface area contributed by atoms with Crippen LogP contribution >= 0.6 is 0 Å². The molecule has 0 amide bonds. The highest BCUT2D eigenvalue weighted by Gasteiger charge is 2.54. The maximum atomic E-state index is 16.3. The van der Waals surface area contributed by atoms with Crippen molar-refractivity contribution in [3.8, 4) is 66.8 Å². The fourth-order valence-electron chi connectivity index (χ4n) is 17.7. The number of hydrogen-bond acceptors (Lipinski definition) is 2. The van der Waals surface area contributed by atoms with E-state index in [0.717, 1.165) is 111 Å². The molecular weight excluding hydrogens is 1150 g/mol. The first-order chi connectivity index (χ1) is 46.5. The van der Waals surface area contributed by atoms with Crippen molar-refractivity contribution in [3.63, 3.8) is 0 Å². The van der Waals surface area contributed by atoms with E-state index in [2.05, 4.69) is 265 Å². The highest BCUT2D eigenvalue weighted by atomic mass is 19.1. The Bertz CT molecular complexity index is 5420. The van der Waals surface area contributed by atoms with Gasteiger partial charge >= 0.3 is 0 Å². The molecule has 16 aromatic rings. The largest absolute Gasteiger partial charge is 0.309 e. The monoisotopic (exact) mass is 1200 g/mol. The van der Waals surface area contributed by atoms with Gasteiger partial charge in [0, 0.05) is 33.0 Å². The Morgan fingerprint density at radius 3 is 0.883 bits per heavy atom. The van der Waals surface area contributed by atoms with Crippen LogP contribution in [-0.2, 0) is 10.8 Å². The third-order valence-electron chi connectivity index (χ3n) is 21.1. The molecule has 4 aliphatic rings. The Morgan fingerprint density at radius 2 is 0.511 bits per heavy atom. The molecule has 16 aromatic carbocycles. The van der Waals surface area contributed by atoms with Crippen LogP contribution in [0.3, 0.4) is 0 Å². The van der Waals surface area contributed by atoms with Gasteiger partial charge in [-0.05, 0) is 171 Å². The van der Waals surface area contributed by atoms with Crippen molar-refractivity contribution < 1.29 is 8.78 Å². The Labute approximate surface area is 543 Å². The van der Waals surface area contributed by atoms with Gasteiger partial charge in [-0.3, -0.25) is 0 Å². The van der Waals surface area contributed by atoms with Gasteiger partial charge in [-0.15, -0.1) is 0 Å². The molecule has 0 atom stereocenters. The van der Waals surface area contributed by atoms with Crippen LogP contribution in [-0.4, -0.2) is 0 Å². The number of halogens is 2. The van der Waals surface area contributed by atoms with E-state index in [1.807, 2.05) is 48.5 Å². The minimum Gasteiger partial charge on any atom is -0.309 e. The van der Waals surface area contributed by atoms with Gasteiger partial charge in [-0.1, -0.05) is 267 Å². The number of benzene rings is 16. The van der Waals surface area contributed by atoms with E-state index in [-0.39, 0.29) is 11.6 Å². The Hall–Kier alpha value is -12.0. The van der Waals surface area contributed by atoms with Gasteiger partial charge in [0.15, 0.2) is 0 Å². The topological polar surface area (TPSA) is 6.48 Å². The predicted molar refractivity (Wildman–Crippen MR) is 383 cm³/mol. The van der Waals surface area contributed by atoms with Crippen molar-refractivity contribution in [2.45, 2.75) is 10.8 Å². The van der Waals surface area contributed by atoms with Gasteiger partial charge in [0.05, 0.1) is 45.0 Å². The lowest BCUT2D eigenvalue weighted by Crippen LogP contribution is -2.26. The van der Waals surface area contributed by atoms with Gasteiger partial charge in [-0.2, -0.15) is 0 Å². The number of rotatable bonds is 8. The first-order valence-electron chi connectivity index (χ1n) is 32.4. The molecule has 20 rings (SSSR count). The summed E-state index contributed by atoms with van der Waals surface area (Å²) in [6, 6.07) is 117. The maximum absolute atomic E-state index is 16.3. The van der Waals surface area contributed by atoms with Gasteiger partial charge < -0.3 is 9.80 Å². The van der Waals surface area contributed by atoms with Crippen LogP contribution in [0.1, 0.15) is 44.5 Å². The number of anilines is 6. The van der Waals surface area contributed by atoms with E-state index in [9.17, 15) is 0 Å². The number of hydrogen-bond donors (Lipinski definition) is 0. The fraction of sp³-hybridized carbons (Fsp3) is 0.0222. The molecule has 0 aromatic heterocycles. The highest BCUT2D eigenvalue weighted by molar-refractivity contribution is 6.29. The molecule has 0 saturated carbocycles. The number of nitrogens with zero attached hydrogens (tertiary/aromatic N) is 2. The summed E-state index contributed by atoms with van der Waals surface area (Å²) in [4.78, 5) is 4.85. The first kappa shape index (κ1) is 52.8. The molecule has 438 valence electrons. The van der Waals surface area contributed by atoms with Gasteiger partial charge in [0.1, 0.15) is 11.6 Å². The zero-order chi connectivity index (χ0) is 62.0. The average Bonchev–Trinajstić information content (AvgIpc) is 1.50. The molecule has 94 heavy (non-hydrogen) atoms. The van der Waals surface area contributed by atoms with E-state index in [1.165, 1.54) is 66.8 Å². The van der Waals surface area contributed by atoms with Gasteiger partial charge in [0.25, 0.3) is 0 Å². The van der Waals surface area contributed by atoms with Crippen molar-refractivity contribution >= 4 is 66.4 Å². The Kier molecular flexibility index (Phi) is 11.1. The molecule has 0 radical (unpaired) electrons. The van der Waals surface area contributed by atoms with Crippen LogP contribution in [0.15, 0.2) is 328 Å². The predicted octanol–water partition coefficient (Wildman–Crippen LogP) is 23.8. The zero-order valence-corrected chi connectivity index (χ0v) is 50.8. The molecule has 0 unspecified atom stereocenters. The molecule has 0 heterocycles. The third-order valence-corrected chi connectivity index (χ3v) is 21.1. The van der Waals surface area contributed by atoms with Crippen LogP contribution in [0.25, 0.3) is 99.1 Å². The molecule has 0 N–H and O–H groups in total. The molecule has 0 fully saturated rings. The SMILES string of the molecule is Fc1ccc(N(c2cccc3c2-c2ccccc2C32c3ccccc3-c3ccccc32)c2ccc3ccc4c(N(c5ccc(F)cc5-c5ccccc5)c5cccc6c5-c5ccccc5C65c6ccccc6-c6ccccc65)ccc5ccc2c3c54)c(-c2ccccc2)c1. The Balaban J connectivity index is 0.871. The van der Waals surface area contributed by atoms with Crippen molar-refractivity contribution in [2.24, 2.45) is 0 Å². The smallest absolute Gasteiger partial charge is 0.123 e. The van der Waals surface area contributed by atoms with Crippen molar-refractivity contribution in [1.29, 1.82) is 0 Å². The van der Waals surface area contributed by atoms with Crippen LogP contribution in [0.4, 0.5) is 42.9 Å². The third kappa shape index (κ3) is 6.96. The standard InChI is InChI=1S/C90H54F2N2/c91-59-45-51-81(69(53-59)55-21-3-1-4-22-55)93(83-39-19-37-77-87(83)65-29-11-17-35-75(65)89(77)71-31-13-7-25-61(71)62-26-8-14-32-72(62)89)79-49-43-57-42-48-68-80(50-44-58-41-47-67(79)85(57)86(58)68)94(82-52-46-60(92)54-70(82)56-23-5-2-6-24-56)84-40-20-38-78-88(84)66-30-12-18-36-76(66)90(78)73-33-15-9-27-63(73)64-28-10-16-34-74(64)90/h1-54H. The normalized spacial score (nSPS) is 13.6. The summed E-state index contributed by atoms with van der Waals surface area (Å²) < 4.78 is 32.6. The van der Waals surface area contributed by atoms with Crippen molar-refractivity contribution in [1.82, 2.24) is 0 Å². The quantitative estimate of drug-likeness (QED) is 0.140. The lowest BCUT2D eigenvalue weighted by molar-refractivity contribution is 0.628. The summed E-state index contributed by atoms with van der Waals surface area (Å²) in [7, 11) is 0. The van der Waals surface area contributed by atoms with Crippen LogP contribution in [0.2, 0.25) is 0 Å². The summed E-state index contributed by atoms with van der Waals surface area (Å²) in [6.45, 7) is 0. The highest BCUT2D eigenvalue weighted by Crippen LogP contribution is 2.67. The van der Waals surface area contributed by atoms with E-state index < -0.39 is 10.8 Å². The summed E-state index contributed by atoms with van der Waals surface area (Å²) in [5.41, 5.74) is 27.2. The molecule has 2 spiro atoms. The molecule has 2 nitrogen and oxygen atoms in total. The van der Waals surface area contributed by atoms with E-state index in [4.69, 9.17) is 0 Å². The second kappa shape index (κ2) is 19.8. The number of fused-ring (bicyclic) bond motifs is 20. The second-order valence-electron chi connectivity index (χ2n) is 25.5. The molecule has 0 saturated heterocycles. The minimum absolute atomic E-state index is 0.311. The first-order valence-corrected chi connectivity index (χ1v) is 32.4. The molecular formula is C90H54F2N2. The second-order valence-corrected chi connectivity index (χ2v) is 25.5. The summed E-state index contributed by atoms with van der Waals surface area (Å²) in [5.74, 6) is -0.622. The Morgan fingerprint density at radius 1 is 0.213 bits per heavy atom.